The van der Waals surface area contributed by atoms with E-state index in [0.717, 1.165) is 19.4 Å². The van der Waals surface area contributed by atoms with Crippen molar-refractivity contribution in [1.82, 2.24) is 0 Å². The SMILES string of the molecule is Fc1cc(Cl)c2c(c1)NCC1(CCCCC1)O2. The molecule has 1 saturated carbocycles. The summed E-state index contributed by atoms with van der Waals surface area (Å²) in [5.74, 6) is 0.283. The molecule has 0 atom stereocenters. The Hall–Kier alpha value is -0.960. The Balaban J connectivity index is 1.94. The average molecular weight is 256 g/mol. The Morgan fingerprint density at radius 2 is 2.00 bits per heavy atom. The maximum Gasteiger partial charge on any atom is 0.162 e. The number of benzene rings is 1. The van der Waals surface area contributed by atoms with E-state index in [4.69, 9.17) is 16.3 Å². The van der Waals surface area contributed by atoms with Crippen molar-refractivity contribution in [3.8, 4) is 5.75 Å². The molecule has 2 aliphatic rings. The van der Waals surface area contributed by atoms with Crippen LogP contribution in [0, 0.1) is 5.82 Å². The third-order valence-electron chi connectivity index (χ3n) is 3.69. The monoisotopic (exact) mass is 255 g/mol. The molecule has 3 rings (SSSR count). The van der Waals surface area contributed by atoms with Gasteiger partial charge in [-0.3, -0.25) is 0 Å². The summed E-state index contributed by atoms with van der Waals surface area (Å²) < 4.78 is 19.3. The molecule has 0 radical (unpaired) electrons. The van der Waals surface area contributed by atoms with E-state index < -0.39 is 0 Å². The fourth-order valence-electron chi connectivity index (χ4n) is 2.78. The molecule has 1 fully saturated rings. The van der Waals surface area contributed by atoms with Gasteiger partial charge >= 0.3 is 0 Å². The van der Waals surface area contributed by atoms with E-state index in [1.807, 2.05) is 0 Å². The molecule has 1 N–H and O–H groups in total. The smallest absolute Gasteiger partial charge is 0.162 e. The highest BCUT2D eigenvalue weighted by Gasteiger charge is 2.38. The Bertz CT molecular complexity index is 443. The van der Waals surface area contributed by atoms with Gasteiger partial charge in [-0.15, -0.1) is 0 Å². The van der Waals surface area contributed by atoms with Gasteiger partial charge < -0.3 is 10.1 Å². The lowest BCUT2D eigenvalue weighted by atomic mass is 9.83. The van der Waals surface area contributed by atoms with E-state index in [2.05, 4.69) is 5.32 Å². The molecule has 92 valence electrons. The first-order chi connectivity index (χ1) is 8.19. The fourth-order valence-corrected chi connectivity index (χ4v) is 3.02. The summed E-state index contributed by atoms with van der Waals surface area (Å²) in [6, 6.07) is 2.75. The van der Waals surface area contributed by atoms with Crippen molar-refractivity contribution in [3.63, 3.8) is 0 Å². The molecule has 0 unspecified atom stereocenters. The first-order valence-corrected chi connectivity index (χ1v) is 6.48. The molecule has 4 heteroatoms. The summed E-state index contributed by atoms with van der Waals surface area (Å²) >= 11 is 6.04. The number of anilines is 1. The zero-order chi connectivity index (χ0) is 11.9. The van der Waals surface area contributed by atoms with E-state index in [1.54, 1.807) is 0 Å². The van der Waals surface area contributed by atoms with Crippen LogP contribution in [0.4, 0.5) is 10.1 Å². The zero-order valence-electron chi connectivity index (χ0n) is 9.56. The highest BCUT2D eigenvalue weighted by molar-refractivity contribution is 6.32. The molecule has 0 bridgehead atoms. The number of fused-ring (bicyclic) bond motifs is 1. The Kier molecular flexibility index (Phi) is 2.66. The van der Waals surface area contributed by atoms with Gasteiger partial charge in [0.05, 0.1) is 17.3 Å². The highest BCUT2D eigenvalue weighted by atomic mass is 35.5. The van der Waals surface area contributed by atoms with Gasteiger partial charge in [0.25, 0.3) is 0 Å². The lowest BCUT2D eigenvalue weighted by Gasteiger charge is -2.42. The van der Waals surface area contributed by atoms with E-state index in [0.29, 0.717) is 16.5 Å². The maximum atomic E-state index is 13.2. The molecule has 0 aromatic heterocycles. The van der Waals surface area contributed by atoms with Crippen LogP contribution in [0.2, 0.25) is 5.02 Å². The summed E-state index contributed by atoms with van der Waals surface area (Å²) in [7, 11) is 0. The predicted octanol–water partition coefficient (Wildman–Crippen LogP) is 3.99. The lowest BCUT2D eigenvalue weighted by molar-refractivity contribution is 0.0369. The zero-order valence-corrected chi connectivity index (χ0v) is 10.3. The summed E-state index contributed by atoms with van der Waals surface area (Å²) in [6.07, 6.45) is 5.75. The van der Waals surface area contributed by atoms with Gasteiger partial charge in [-0.2, -0.15) is 0 Å². The molecule has 0 amide bonds. The quantitative estimate of drug-likeness (QED) is 0.757. The second-order valence-electron chi connectivity index (χ2n) is 4.96. The van der Waals surface area contributed by atoms with Gasteiger partial charge in [-0.25, -0.2) is 4.39 Å². The highest BCUT2D eigenvalue weighted by Crippen LogP contribution is 2.44. The Morgan fingerprint density at radius 1 is 1.24 bits per heavy atom. The molecule has 1 aromatic rings. The number of nitrogens with one attached hydrogen (secondary N) is 1. The van der Waals surface area contributed by atoms with Gasteiger partial charge in [0.15, 0.2) is 5.75 Å². The van der Waals surface area contributed by atoms with Gasteiger partial charge in [-0.05, 0) is 31.7 Å². The molecular formula is C13H15ClFNO. The lowest BCUT2D eigenvalue weighted by Crippen LogP contribution is -2.47. The van der Waals surface area contributed by atoms with Gasteiger partial charge in [-0.1, -0.05) is 18.0 Å². The first-order valence-electron chi connectivity index (χ1n) is 6.11. The molecule has 1 aromatic carbocycles. The molecule has 2 nitrogen and oxygen atoms in total. The van der Waals surface area contributed by atoms with E-state index in [1.165, 1.54) is 31.4 Å². The van der Waals surface area contributed by atoms with Crippen molar-refractivity contribution in [2.75, 3.05) is 11.9 Å². The van der Waals surface area contributed by atoms with Gasteiger partial charge in [0, 0.05) is 6.07 Å². The molecule has 1 spiro atoms. The van der Waals surface area contributed by atoms with Crippen LogP contribution in [0.25, 0.3) is 0 Å². The maximum absolute atomic E-state index is 13.2. The van der Waals surface area contributed by atoms with Crippen LogP contribution >= 0.6 is 11.6 Å². The second kappa shape index (κ2) is 4.05. The molecule has 0 saturated heterocycles. The second-order valence-corrected chi connectivity index (χ2v) is 5.37. The number of halogens is 2. The standard InChI is InChI=1S/C13H15ClFNO/c14-10-6-9(15)7-11-12(10)17-13(8-16-11)4-2-1-3-5-13/h6-7,16H,1-5,8H2. The normalized spacial score (nSPS) is 21.5. The van der Waals surface area contributed by atoms with Crippen LogP contribution in [0.5, 0.6) is 5.75 Å². The summed E-state index contributed by atoms with van der Waals surface area (Å²) in [5, 5.41) is 3.61. The van der Waals surface area contributed by atoms with Crippen LogP contribution in [0.1, 0.15) is 32.1 Å². The minimum Gasteiger partial charge on any atom is -0.482 e. The van der Waals surface area contributed by atoms with Crippen molar-refractivity contribution in [2.24, 2.45) is 0 Å². The third kappa shape index (κ3) is 1.97. The number of hydrogen-bond donors (Lipinski definition) is 1. The van der Waals surface area contributed by atoms with Crippen molar-refractivity contribution in [2.45, 2.75) is 37.7 Å². The summed E-state index contributed by atoms with van der Waals surface area (Å²) in [4.78, 5) is 0. The van der Waals surface area contributed by atoms with E-state index in [-0.39, 0.29) is 11.4 Å². The molecule has 1 aliphatic carbocycles. The van der Waals surface area contributed by atoms with Crippen LogP contribution in [0.3, 0.4) is 0 Å². The summed E-state index contributed by atoms with van der Waals surface area (Å²) in [6.45, 7) is 0.750. The van der Waals surface area contributed by atoms with Crippen molar-refractivity contribution in [3.05, 3.63) is 23.0 Å². The Labute approximate surface area is 105 Å². The third-order valence-corrected chi connectivity index (χ3v) is 3.97. The van der Waals surface area contributed by atoms with E-state index >= 15 is 0 Å². The largest absolute Gasteiger partial charge is 0.482 e. The van der Waals surface area contributed by atoms with Crippen molar-refractivity contribution in [1.29, 1.82) is 0 Å². The molecule has 1 aliphatic heterocycles. The molecular weight excluding hydrogens is 241 g/mol. The van der Waals surface area contributed by atoms with Gasteiger partial charge in [0.1, 0.15) is 11.4 Å². The van der Waals surface area contributed by atoms with Crippen LogP contribution in [0.15, 0.2) is 12.1 Å². The van der Waals surface area contributed by atoms with Crippen molar-refractivity contribution < 1.29 is 9.13 Å². The minimum absolute atomic E-state index is 0.132. The van der Waals surface area contributed by atoms with Crippen LogP contribution in [-0.4, -0.2) is 12.1 Å². The minimum atomic E-state index is -0.329. The number of rotatable bonds is 0. The fraction of sp³-hybridized carbons (Fsp3) is 0.538. The first kappa shape index (κ1) is 11.1. The summed E-state index contributed by atoms with van der Waals surface area (Å²) in [5.41, 5.74) is 0.540. The predicted molar refractivity (Wildman–Crippen MR) is 66.3 cm³/mol. The molecule has 1 heterocycles. The van der Waals surface area contributed by atoms with Crippen LogP contribution < -0.4 is 10.1 Å². The van der Waals surface area contributed by atoms with Crippen LogP contribution in [-0.2, 0) is 0 Å². The number of ether oxygens (including phenoxy) is 1. The average Bonchev–Trinajstić information content (AvgIpc) is 2.32. The molecule has 17 heavy (non-hydrogen) atoms. The van der Waals surface area contributed by atoms with Gasteiger partial charge in [0.2, 0.25) is 0 Å². The number of hydrogen-bond acceptors (Lipinski definition) is 2. The topological polar surface area (TPSA) is 21.3 Å². The Morgan fingerprint density at radius 3 is 2.76 bits per heavy atom. The van der Waals surface area contributed by atoms with Crippen molar-refractivity contribution >= 4 is 17.3 Å². The van der Waals surface area contributed by atoms with E-state index in [9.17, 15) is 4.39 Å².